The van der Waals surface area contributed by atoms with Gasteiger partial charge in [0.05, 0.1) is 0 Å². The van der Waals surface area contributed by atoms with E-state index in [4.69, 9.17) is 0 Å². The summed E-state index contributed by atoms with van der Waals surface area (Å²) in [4.78, 5) is 0. The Morgan fingerprint density at radius 1 is 0.640 bits per heavy atom. The molecule has 4 aliphatic rings. The minimum Gasteiger partial charge on any atom is -1.00 e. The van der Waals surface area contributed by atoms with Crippen molar-refractivity contribution in [2.24, 2.45) is 23.7 Å². The van der Waals surface area contributed by atoms with Crippen molar-refractivity contribution >= 4 is 0 Å². The summed E-state index contributed by atoms with van der Waals surface area (Å²) < 4.78 is 0. The fraction of sp³-hybridized carbons (Fsp3) is 0.545. The molecule has 136 valence electrons. The third-order valence-corrected chi connectivity index (χ3v) is 6.10. The molecule has 0 aromatic heterocycles. The summed E-state index contributed by atoms with van der Waals surface area (Å²) in [6.07, 6.45) is 19.5. The Bertz CT molecular complexity index is 458. The van der Waals surface area contributed by atoms with E-state index in [0.29, 0.717) is 0 Å². The van der Waals surface area contributed by atoms with Crippen molar-refractivity contribution in [3.8, 4) is 0 Å². The van der Waals surface area contributed by atoms with Gasteiger partial charge in [-0.15, -0.1) is 11.8 Å². The van der Waals surface area contributed by atoms with Gasteiger partial charge in [0.1, 0.15) is 0 Å². The quantitative estimate of drug-likeness (QED) is 0.459. The fourth-order valence-electron chi connectivity index (χ4n) is 4.62. The minimum atomic E-state index is 0. The fourth-order valence-corrected chi connectivity index (χ4v) is 4.62. The molecule has 0 aromatic carbocycles. The number of hydrogen-bond acceptors (Lipinski definition) is 0. The van der Waals surface area contributed by atoms with Crippen molar-refractivity contribution in [2.45, 2.75) is 53.4 Å². The molecule has 0 bridgehead atoms. The molecule has 0 nitrogen and oxygen atoms in total. The number of halogens is 2. The van der Waals surface area contributed by atoms with Crippen molar-refractivity contribution in [2.75, 3.05) is 0 Å². The Hall–Kier alpha value is 0.423. The first-order valence-corrected chi connectivity index (χ1v) is 8.94. The zero-order chi connectivity index (χ0) is 15.7. The van der Waals surface area contributed by atoms with Crippen LogP contribution in [0.5, 0.6) is 0 Å². The standard InChI is InChI=1S/2C11H15.2ClH.Zr/c2*1-8-6-7-9(2)11-5-3-4-10(8)11;;;/h2*4,6-7,10-11H,3,5H2,1-2H3;2*1H;/q2*-1;;;+4/p-2. The van der Waals surface area contributed by atoms with Crippen molar-refractivity contribution in [1.82, 2.24) is 0 Å². The minimum absolute atomic E-state index is 0. The van der Waals surface area contributed by atoms with E-state index < -0.39 is 0 Å². The average Bonchev–Trinajstić information content (AvgIpc) is 3.17. The number of hydrogen-bond donors (Lipinski definition) is 0. The van der Waals surface area contributed by atoms with Gasteiger partial charge in [-0.3, -0.25) is 0 Å². The molecule has 0 N–H and O–H groups in total. The van der Waals surface area contributed by atoms with Gasteiger partial charge < -0.3 is 37.7 Å². The van der Waals surface area contributed by atoms with Gasteiger partial charge in [0.15, 0.2) is 0 Å². The molecule has 0 spiro atoms. The Morgan fingerprint density at radius 3 is 1.28 bits per heavy atom. The van der Waals surface area contributed by atoms with Crippen molar-refractivity contribution in [3.05, 3.63) is 59.4 Å². The SMILES string of the molecule is CC1=CC=C(C)C2CC[CH-]C12.CC1=CC=C(C)C2CC[CH-]C12.[Cl-].[Cl-].[Zr+4]. The first-order chi connectivity index (χ1) is 10.6. The second-order valence-electron chi connectivity index (χ2n) is 7.53. The van der Waals surface area contributed by atoms with Gasteiger partial charge in [-0.05, 0) is 39.5 Å². The van der Waals surface area contributed by atoms with Crippen LogP contribution in [0.15, 0.2) is 46.6 Å². The molecule has 2 saturated carbocycles. The summed E-state index contributed by atoms with van der Waals surface area (Å²) in [6, 6.07) is 0. The molecule has 0 saturated heterocycles. The Balaban J connectivity index is 0.000000411. The number of rotatable bonds is 0. The summed E-state index contributed by atoms with van der Waals surface area (Å²) in [5, 5.41) is 0. The Morgan fingerprint density at radius 2 is 0.960 bits per heavy atom. The maximum Gasteiger partial charge on any atom is 4.00 e. The van der Waals surface area contributed by atoms with Gasteiger partial charge in [-0.1, -0.05) is 59.4 Å². The molecule has 0 amide bonds. The molecule has 4 aliphatic carbocycles. The van der Waals surface area contributed by atoms with Crippen LogP contribution in [0.3, 0.4) is 0 Å². The topological polar surface area (TPSA) is 0 Å². The second kappa shape index (κ2) is 11.3. The molecule has 0 radical (unpaired) electrons. The summed E-state index contributed by atoms with van der Waals surface area (Å²) in [5.74, 6) is 3.25. The molecule has 0 aliphatic heterocycles. The third-order valence-electron chi connectivity index (χ3n) is 6.10. The number of fused-ring (bicyclic) bond motifs is 2. The van der Waals surface area contributed by atoms with Crippen LogP contribution in [0.1, 0.15) is 53.4 Å². The van der Waals surface area contributed by atoms with Gasteiger partial charge in [-0.25, -0.2) is 0 Å². The van der Waals surface area contributed by atoms with Crippen molar-refractivity contribution in [3.63, 3.8) is 0 Å². The van der Waals surface area contributed by atoms with E-state index >= 15 is 0 Å². The van der Waals surface area contributed by atoms with Gasteiger partial charge in [0.2, 0.25) is 0 Å². The van der Waals surface area contributed by atoms with Crippen LogP contribution in [0.2, 0.25) is 0 Å². The Kier molecular flexibility index (Phi) is 11.5. The summed E-state index contributed by atoms with van der Waals surface area (Å²) in [7, 11) is 0. The zero-order valence-corrected chi connectivity index (χ0v) is 19.8. The first kappa shape index (κ1) is 25.4. The number of allylic oxidation sites excluding steroid dienone is 8. The maximum absolute atomic E-state index is 2.48. The van der Waals surface area contributed by atoms with E-state index in [1.807, 2.05) is 0 Å². The van der Waals surface area contributed by atoms with Crippen molar-refractivity contribution < 1.29 is 51.0 Å². The molecule has 0 heterocycles. The molecular formula is C22H30Cl2Zr. The van der Waals surface area contributed by atoms with Gasteiger partial charge in [0.25, 0.3) is 0 Å². The summed E-state index contributed by atoms with van der Waals surface area (Å²) in [5.41, 5.74) is 6.26. The predicted molar refractivity (Wildman–Crippen MR) is 96.1 cm³/mol. The van der Waals surface area contributed by atoms with Crippen LogP contribution in [0.4, 0.5) is 0 Å². The van der Waals surface area contributed by atoms with Crippen LogP contribution in [0.25, 0.3) is 0 Å². The van der Waals surface area contributed by atoms with Gasteiger partial charge in [0, 0.05) is 0 Å². The molecular weight excluding hydrogens is 426 g/mol. The molecule has 0 aromatic rings. The van der Waals surface area contributed by atoms with E-state index in [1.54, 1.807) is 22.3 Å². The van der Waals surface area contributed by atoms with E-state index in [0.717, 1.165) is 23.7 Å². The van der Waals surface area contributed by atoms with Crippen LogP contribution >= 0.6 is 0 Å². The zero-order valence-electron chi connectivity index (χ0n) is 15.9. The molecule has 4 rings (SSSR count). The monoisotopic (exact) mass is 454 g/mol. The molecule has 25 heavy (non-hydrogen) atoms. The van der Waals surface area contributed by atoms with Crippen LogP contribution in [-0.4, -0.2) is 0 Å². The van der Waals surface area contributed by atoms with Gasteiger partial charge >= 0.3 is 26.2 Å². The van der Waals surface area contributed by atoms with E-state index in [9.17, 15) is 0 Å². The smallest absolute Gasteiger partial charge is 1.00 e. The Labute approximate surface area is 186 Å². The third kappa shape index (κ3) is 5.70. The van der Waals surface area contributed by atoms with Crippen LogP contribution in [0, 0.1) is 36.5 Å². The summed E-state index contributed by atoms with van der Waals surface area (Å²) in [6.45, 7) is 9.03. The molecule has 4 atom stereocenters. The molecule has 4 unspecified atom stereocenters. The van der Waals surface area contributed by atoms with Crippen LogP contribution < -0.4 is 24.8 Å². The first-order valence-electron chi connectivity index (χ1n) is 8.94. The van der Waals surface area contributed by atoms with E-state index in [2.05, 4.69) is 64.8 Å². The average molecular weight is 457 g/mol. The van der Waals surface area contributed by atoms with Crippen molar-refractivity contribution in [1.29, 1.82) is 0 Å². The molecule has 3 heteroatoms. The molecule has 2 fully saturated rings. The largest absolute Gasteiger partial charge is 4.00 e. The second-order valence-corrected chi connectivity index (χ2v) is 7.53. The van der Waals surface area contributed by atoms with E-state index in [1.165, 1.54) is 25.7 Å². The van der Waals surface area contributed by atoms with Gasteiger partial charge in [-0.2, -0.15) is 12.8 Å². The van der Waals surface area contributed by atoms with Crippen LogP contribution in [-0.2, 0) is 26.2 Å². The predicted octanol–water partition coefficient (Wildman–Crippen LogP) is 0.252. The maximum atomic E-state index is 2.48. The normalized spacial score (nSPS) is 31.8. The summed E-state index contributed by atoms with van der Waals surface area (Å²) >= 11 is 0. The van der Waals surface area contributed by atoms with E-state index in [-0.39, 0.29) is 51.0 Å².